The van der Waals surface area contributed by atoms with Gasteiger partial charge in [0.2, 0.25) is 5.91 Å². The Kier molecular flexibility index (Phi) is 6.40. The van der Waals surface area contributed by atoms with Crippen LogP contribution in [0.5, 0.6) is 0 Å². The molecule has 0 radical (unpaired) electrons. The number of likely N-dealkylation sites (tertiary alicyclic amines) is 1. The molecule has 1 aliphatic rings. The fraction of sp³-hybridized carbons (Fsp3) is 0.375. The normalized spacial score (nSPS) is 17.9. The number of nitrogens with zero attached hydrogens (tertiary/aromatic N) is 1. The molecule has 1 aromatic carbocycles. The van der Waals surface area contributed by atoms with Crippen LogP contribution >= 0.6 is 0 Å². The van der Waals surface area contributed by atoms with Crippen LogP contribution < -0.4 is 5.32 Å². The zero-order valence-electron chi connectivity index (χ0n) is 13.3. The topological polar surface area (TPSA) is 99.1 Å². The van der Waals surface area contributed by atoms with E-state index in [0.717, 1.165) is 5.56 Å². The van der Waals surface area contributed by atoms with E-state index in [0.29, 0.717) is 19.5 Å². The molecule has 1 saturated heterocycles. The zero-order chi connectivity index (χ0) is 17.5. The van der Waals surface area contributed by atoms with Crippen LogP contribution in [0.4, 0.5) is 4.79 Å². The average molecular weight is 332 g/mol. The second kappa shape index (κ2) is 8.51. The minimum Gasteiger partial charge on any atom is -0.444 e. The Morgan fingerprint density at radius 3 is 2.75 bits per heavy atom. The average Bonchev–Trinajstić information content (AvgIpc) is 3.02. The monoisotopic (exact) mass is 332 g/mol. The van der Waals surface area contributed by atoms with Gasteiger partial charge in [0.1, 0.15) is 6.10 Å². The molecule has 0 unspecified atom stereocenters. The van der Waals surface area contributed by atoms with E-state index in [9.17, 15) is 19.6 Å². The Labute approximate surface area is 141 Å². The lowest BCUT2D eigenvalue weighted by Gasteiger charge is -2.20. The van der Waals surface area contributed by atoms with Gasteiger partial charge in [-0.2, -0.15) is 0 Å². The van der Waals surface area contributed by atoms with E-state index in [1.165, 1.54) is 6.08 Å². The number of hydrogen-bond acceptors (Lipinski definition) is 5. The van der Waals surface area contributed by atoms with Gasteiger partial charge in [0.05, 0.1) is 12.5 Å². The van der Waals surface area contributed by atoms with Crippen LogP contribution in [0.25, 0.3) is 0 Å². The van der Waals surface area contributed by atoms with Gasteiger partial charge in [0.25, 0.3) is 0 Å². The largest absolute Gasteiger partial charge is 0.475 e. The molecule has 128 valence electrons. The molecule has 3 N–H and O–H groups in total. The van der Waals surface area contributed by atoms with Gasteiger partial charge >= 0.3 is 13.2 Å². The fourth-order valence-electron chi connectivity index (χ4n) is 2.59. The van der Waals surface area contributed by atoms with Crippen molar-refractivity contribution in [3.8, 4) is 0 Å². The van der Waals surface area contributed by atoms with E-state index >= 15 is 0 Å². The summed E-state index contributed by atoms with van der Waals surface area (Å²) >= 11 is 0. The van der Waals surface area contributed by atoms with E-state index in [1.807, 2.05) is 30.3 Å². The summed E-state index contributed by atoms with van der Waals surface area (Å²) in [5.41, 5.74) is 0.861. The Morgan fingerprint density at radius 2 is 2.12 bits per heavy atom. The maximum absolute atomic E-state index is 12.0. The minimum absolute atomic E-state index is 0.200. The number of benzene rings is 1. The third kappa shape index (κ3) is 5.11. The lowest BCUT2D eigenvalue weighted by atomic mass is 9.76. The number of carbonyl (C=O) groups excluding carboxylic acids is 2. The predicted molar refractivity (Wildman–Crippen MR) is 88.9 cm³/mol. The predicted octanol–water partition coefficient (Wildman–Crippen LogP) is 0.123. The maximum Gasteiger partial charge on any atom is 0.475 e. The van der Waals surface area contributed by atoms with E-state index in [4.69, 9.17) is 4.74 Å². The lowest BCUT2D eigenvalue weighted by Crippen LogP contribution is -2.48. The van der Waals surface area contributed by atoms with Crippen molar-refractivity contribution in [3.05, 3.63) is 48.6 Å². The smallest absolute Gasteiger partial charge is 0.444 e. The minimum atomic E-state index is -1.71. The summed E-state index contributed by atoms with van der Waals surface area (Å²) < 4.78 is 5.25. The molecule has 24 heavy (non-hydrogen) atoms. The molecular formula is C16H21BN2O5. The van der Waals surface area contributed by atoms with Crippen molar-refractivity contribution in [2.75, 3.05) is 13.1 Å². The van der Waals surface area contributed by atoms with Gasteiger partial charge in [0.15, 0.2) is 0 Å². The first-order valence-corrected chi connectivity index (χ1v) is 7.78. The fourth-order valence-corrected chi connectivity index (χ4v) is 2.59. The molecule has 1 aliphatic heterocycles. The third-order valence-corrected chi connectivity index (χ3v) is 3.87. The Balaban J connectivity index is 1.85. The molecule has 1 aromatic rings. The first-order chi connectivity index (χ1) is 11.5. The van der Waals surface area contributed by atoms with Gasteiger partial charge in [-0.1, -0.05) is 36.9 Å². The zero-order valence-corrected chi connectivity index (χ0v) is 13.3. The highest BCUT2D eigenvalue weighted by molar-refractivity contribution is 6.43. The molecule has 0 aliphatic carbocycles. The third-order valence-electron chi connectivity index (χ3n) is 3.87. The standard InChI is InChI=1S/C16H21BN2O5/c1-2-15(20)19-9-8-13(11-19)24-16(21)18-14(17(22)23)10-12-6-4-3-5-7-12/h2-7,13-14,22-23H,1,8-11H2,(H,18,21)/t13-,14-/m0/s1. The van der Waals surface area contributed by atoms with E-state index in [2.05, 4.69) is 11.9 Å². The number of alkyl carbamates (subject to hydrolysis) is 1. The number of carbonyl (C=O) groups is 2. The summed E-state index contributed by atoms with van der Waals surface area (Å²) in [7, 11) is -1.71. The van der Waals surface area contributed by atoms with Gasteiger partial charge < -0.3 is 25.0 Å². The Hall–Kier alpha value is -2.32. The van der Waals surface area contributed by atoms with Crippen molar-refractivity contribution in [2.45, 2.75) is 24.9 Å². The highest BCUT2D eigenvalue weighted by atomic mass is 16.6. The van der Waals surface area contributed by atoms with E-state index in [1.54, 1.807) is 4.90 Å². The summed E-state index contributed by atoms with van der Waals surface area (Å²) in [5, 5.41) is 21.4. The van der Waals surface area contributed by atoms with E-state index < -0.39 is 25.3 Å². The summed E-state index contributed by atoms with van der Waals surface area (Å²) in [6.07, 6.45) is 0.877. The van der Waals surface area contributed by atoms with Crippen molar-refractivity contribution < 1.29 is 24.4 Å². The van der Waals surface area contributed by atoms with Gasteiger partial charge in [0, 0.05) is 13.0 Å². The van der Waals surface area contributed by atoms with Crippen molar-refractivity contribution in [2.24, 2.45) is 0 Å². The number of hydrogen-bond donors (Lipinski definition) is 3. The molecular weight excluding hydrogens is 311 g/mol. The summed E-state index contributed by atoms with van der Waals surface area (Å²) in [6.45, 7) is 4.23. The highest BCUT2D eigenvalue weighted by Gasteiger charge is 2.30. The first kappa shape index (κ1) is 18.0. The number of amides is 2. The number of nitrogens with one attached hydrogen (secondary N) is 1. The van der Waals surface area contributed by atoms with Crippen LogP contribution in [-0.4, -0.2) is 59.2 Å². The SMILES string of the molecule is C=CC(=O)N1CC[C@H](OC(=O)N[C@@H](Cc2ccccc2)B(O)O)C1. The van der Waals surface area contributed by atoms with Crippen LogP contribution in [0.15, 0.2) is 43.0 Å². The quantitative estimate of drug-likeness (QED) is 0.508. The van der Waals surface area contributed by atoms with Gasteiger partial charge in [-0.05, 0) is 18.1 Å². The van der Waals surface area contributed by atoms with Crippen LogP contribution in [0.3, 0.4) is 0 Å². The molecule has 1 heterocycles. The highest BCUT2D eigenvalue weighted by Crippen LogP contribution is 2.13. The molecule has 0 saturated carbocycles. The molecule has 0 aromatic heterocycles. The van der Waals surface area contributed by atoms with Crippen LogP contribution in [0, 0.1) is 0 Å². The van der Waals surface area contributed by atoms with Gasteiger partial charge in [-0.15, -0.1) is 0 Å². The van der Waals surface area contributed by atoms with Crippen LogP contribution in [-0.2, 0) is 16.0 Å². The van der Waals surface area contributed by atoms with Crippen molar-refractivity contribution in [1.29, 1.82) is 0 Å². The van der Waals surface area contributed by atoms with Gasteiger partial charge in [-0.25, -0.2) is 4.79 Å². The molecule has 0 spiro atoms. The van der Waals surface area contributed by atoms with Crippen LogP contribution in [0.2, 0.25) is 0 Å². The van der Waals surface area contributed by atoms with Gasteiger partial charge in [-0.3, -0.25) is 4.79 Å². The van der Waals surface area contributed by atoms with Crippen molar-refractivity contribution >= 4 is 19.1 Å². The van der Waals surface area contributed by atoms with Crippen LogP contribution in [0.1, 0.15) is 12.0 Å². The Bertz CT molecular complexity index is 581. The maximum atomic E-state index is 12.0. The molecule has 2 amide bonds. The molecule has 7 nitrogen and oxygen atoms in total. The Morgan fingerprint density at radius 1 is 1.42 bits per heavy atom. The molecule has 8 heteroatoms. The number of ether oxygens (including phenoxy) is 1. The van der Waals surface area contributed by atoms with Crippen molar-refractivity contribution in [3.63, 3.8) is 0 Å². The molecule has 2 rings (SSSR count). The molecule has 1 fully saturated rings. The number of rotatable bonds is 6. The molecule has 0 bridgehead atoms. The second-order valence-electron chi connectivity index (χ2n) is 5.66. The summed E-state index contributed by atoms with van der Waals surface area (Å²) in [4.78, 5) is 25.0. The van der Waals surface area contributed by atoms with E-state index in [-0.39, 0.29) is 12.3 Å². The van der Waals surface area contributed by atoms with Crippen molar-refractivity contribution in [1.82, 2.24) is 10.2 Å². The first-order valence-electron chi connectivity index (χ1n) is 7.78. The lowest BCUT2D eigenvalue weighted by molar-refractivity contribution is -0.125. The summed E-state index contributed by atoms with van der Waals surface area (Å²) in [5.74, 6) is -1.08. The second-order valence-corrected chi connectivity index (χ2v) is 5.66. The summed E-state index contributed by atoms with van der Waals surface area (Å²) in [6, 6.07) is 9.18. The molecule has 2 atom stereocenters.